The molecule has 0 spiro atoms. The lowest BCUT2D eigenvalue weighted by molar-refractivity contribution is -0.134. The molecular formula is C24H31N3O2. The van der Waals surface area contributed by atoms with Gasteiger partial charge < -0.3 is 14.5 Å². The summed E-state index contributed by atoms with van der Waals surface area (Å²) in [6, 6.07) is 17.3. The second kappa shape index (κ2) is 10.1. The number of rotatable bonds is 8. The predicted molar refractivity (Wildman–Crippen MR) is 116 cm³/mol. The zero-order valence-corrected chi connectivity index (χ0v) is 18.1. The molecule has 0 heterocycles. The number of carbonyl (C=O) groups excluding carboxylic acids is 1. The first kappa shape index (κ1) is 22.4. The molecule has 0 saturated carbocycles. The Labute approximate surface area is 174 Å². The molecule has 0 aliphatic carbocycles. The monoisotopic (exact) mass is 393 g/mol. The Hall–Kier alpha value is -2.84. The molecule has 0 atom stereocenters. The van der Waals surface area contributed by atoms with Crippen LogP contribution in [0.1, 0.15) is 37.5 Å². The first-order valence-electron chi connectivity index (χ1n) is 9.84. The molecule has 0 saturated heterocycles. The summed E-state index contributed by atoms with van der Waals surface area (Å²) in [6.45, 7) is 8.25. The van der Waals surface area contributed by atoms with E-state index in [9.17, 15) is 4.79 Å². The number of nitriles is 1. The maximum absolute atomic E-state index is 12.9. The van der Waals surface area contributed by atoms with Crippen molar-refractivity contribution in [3.8, 4) is 11.8 Å². The summed E-state index contributed by atoms with van der Waals surface area (Å²) in [7, 11) is 3.97. The third-order valence-corrected chi connectivity index (χ3v) is 4.67. The van der Waals surface area contributed by atoms with Crippen LogP contribution in [0.2, 0.25) is 0 Å². The van der Waals surface area contributed by atoms with Gasteiger partial charge in [-0.3, -0.25) is 4.79 Å². The van der Waals surface area contributed by atoms with Gasteiger partial charge in [0.1, 0.15) is 5.75 Å². The van der Waals surface area contributed by atoms with E-state index in [-0.39, 0.29) is 17.9 Å². The van der Waals surface area contributed by atoms with Crippen LogP contribution in [0.3, 0.4) is 0 Å². The number of nitrogens with zero attached hydrogens (tertiary/aromatic N) is 3. The molecule has 0 bridgehead atoms. The quantitative estimate of drug-likeness (QED) is 0.684. The maximum atomic E-state index is 12.9. The highest BCUT2D eigenvalue weighted by atomic mass is 16.5. The molecule has 0 N–H and O–H groups in total. The van der Waals surface area contributed by atoms with Gasteiger partial charge >= 0.3 is 0 Å². The molecule has 0 aromatic heterocycles. The highest BCUT2D eigenvalue weighted by Gasteiger charge is 2.20. The van der Waals surface area contributed by atoms with E-state index < -0.39 is 0 Å². The third kappa shape index (κ3) is 6.92. The molecule has 2 rings (SSSR count). The van der Waals surface area contributed by atoms with Crippen LogP contribution in [0.4, 0.5) is 0 Å². The molecule has 0 unspecified atom stereocenters. The molecule has 29 heavy (non-hydrogen) atoms. The second-order valence-corrected chi connectivity index (χ2v) is 8.46. The van der Waals surface area contributed by atoms with Gasteiger partial charge in [-0.1, -0.05) is 51.1 Å². The van der Waals surface area contributed by atoms with E-state index >= 15 is 0 Å². The Morgan fingerprint density at radius 2 is 1.69 bits per heavy atom. The molecule has 2 aromatic carbocycles. The van der Waals surface area contributed by atoms with E-state index in [0.717, 1.165) is 23.4 Å². The van der Waals surface area contributed by atoms with Gasteiger partial charge in [-0.05, 0) is 48.8 Å². The van der Waals surface area contributed by atoms with Crippen LogP contribution >= 0.6 is 0 Å². The van der Waals surface area contributed by atoms with Gasteiger partial charge in [-0.15, -0.1) is 0 Å². The SMILES string of the molecule is CN(C)CCN(Cc1ccc(C#N)cc1)C(=O)COc1ccccc1C(C)(C)C. The fourth-order valence-corrected chi connectivity index (χ4v) is 2.96. The van der Waals surface area contributed by atoms with E-state index in [1.165, 1.54) is 0 Å². The number of hydrogen-bond acceptors (Lipinski definition) is 4. The first-order valence-corrected chi connectivity index (χ1v) is 9.84. The normalized spacial score (nSPS) is 11.2. The molecule has 5 nitrogen and oxygen atoms in total. The summed E-state index contributed by atoms with van der Waals surface area (Å²) < 4.78 is 5.94. The van der Waals surface area contributed by atoms with Gasteiger partial charge in [-0.25, -0.2) is 0 Å². The minimum Gasteiger partial charge on any atom is -0.483 e. The smallest absolute Gasteiger partial charge is 0.260 e. The number of ether oxygens (including phenoxy) is 1. The lowest BCUT2D eigenvalue weighted by Gasteiger charge is -2.26. The summed E-state index contributed by atoms with van der Waals surface area (Å²) in [4.78, 5) is 16.8. The van der Waals surface area contributed by atoms with Gasteiger partial charge in [0.05, 0.1) is 11.6 Å². The van der Waals surface area contributed by atoms with Crippen LogP contribution < -0.4 is 4.74 Å². The number of carbonyl (C=O) groups is 1. The van der Waals surface area contributed by atoms with Crippen molar-refractivity contribution in [1.29, 1.82) is 5.26 Å². The highest BCUT2D eigenvalue weighted by Crippen LogP contribution is 2.30. The lowest BCUT2D eigenvalue weighted by Crippen LogP contribution is -2.39. The third-order valence-electron chi connectivity index (χ3n) is 4.67. The van der Waals surface area contributed by atoms with E-state index in [2.05, 4.69) is 31.7 Å². The Morgan fingerprint density at radius 1 is 1.03 bits per heavy atom. The number of benzene rings is 2. The Morgan fingerprint density at radius 3 is 2.28 bits per heavy atom. The minimum absolute atomic E-state index is 0.00317. The van der Waals surface area contributed by atoms with Gasteiger partial charge in [-0.2, -0.15) is 5.26 Å². The van der Waals surface area contributed by atoms with Gasteiger partial charge in [0, 0.05) is 19.6 Å². The molecule has 0 radical (unpaired) electrons. The Bertz CT molecular complexity index is 846. The zero-order valence-electron chi connectivity index (χ0n) is 18.1. The Balaban J connectivity index is 2.10. The van der Waals surface area contributed by atoms with Crippen molar-refractivity contribution >= 4 is 5.91 Å². The van der Waals surface area contributed by atoms with Crippen molar-refractivity contribution in [3.05, 3.63) is 65.2 Å². The molecule has 0 aliphatic rings. The summed E-state index contributed by atoms with van der Waals surface area (Å²) in [6.07, 6.45) is 0. The van der Waals surface area contributed by atoms with Crippen LogP contribution in [0.15, 0.2) is 48.5 Å². The maximum Gasteiger partial charge on any atom is 0.260 e. The van der Waals surface area contributed by atoms with Crippen molar-refractivity contribution in [3.63, 3.8) is 0 Å². The molecule has 0 fully saturated rings. The molecule has 0 aliphatic heterocycles. The number of hydrogen-bond donors (Lipinski definition) is 0. The zero-order chi connectivity index (χ0) is 21.4. The standard InChI is InChI=1S/C24H31N3O2/c1-24(2,3)21-8-6-7-9-22(21)29-18-23(28)27(15-14-26(4)5)17-20-12-10-19(16-25)11-13-20/h6-13H,14-15,17-18H2,1-5H3. The number of amides is 1. The van der Waals surface area contributed by atoms with Gasteiger partial charge in [0.25, 0.3) is 5.91 Å². The van der Waals surface area contributed by atoms with Crippen molar-refractivity contribution in [2.24, 2.45) is 0 Å². The van der Waals surface area contributed by atoms with E-state index in [1.54, 1.807) is 17.0 Å². The average Bonchev–Trinajstić information content (AvgIpc) is 2.69. The molecular weight excluding hydrogens is 362 g/mol. The average molecular weight is 394 g/mol. The van der Waals surface area contributed by atoms with Crippen LogP contribution in [-0.2, 0) is 16.8 Å². The molecule has 5 heteroatoms. The summed E-state index contributed by atoms with van der Waals surface area (Å²) >= 11 is 0. The van der Waals surface area contributed by atoms with E-state index in [0.29, 0.717) is 18.7 Å². The van der Waals surface area contributed by atoms with Gasteiger partial charge in [0.2, 0.25) is 0 Å². The van der Waals surface area contributed by atoms with Crippen molar-refractivity contribution in [2.45, 2.75) is 32.7 Å². The fourth-order valence-electron chi connectivity index (χ4n) is 2.96. The lowest BCUT2D eigenvalue weighted by atomic mass is 9.86. The number of likely N-dealkylation sites (N-methyl/N-ethyl adjacent to an activating group) is 1. The topological polar surface area (TPSA) is 56.6 Å². The Kier molecular flexibility index (Phi) is 7.81. The summed E-state index contributed by atoms with van der Waals surface area (Å²) in [5.41, 5.74) is 2.63. The summed E-state index contributed by atoms with van der Waals surface area (Å²) in [5.74, 6) is 0.694. The molecule has 154 valence electrons. The number of para-hydroxylation sites is 1. The van der Waals surface area contributed by atoms with Crippen molar-refractivity contribution in [1.82, 2.24) is 9.80 Å². The molecule has 2 aromatic rings. The molecule has 1 amide bonds. The minimum atomic E-state index is -0.0628. The second-order valence-electron chi connectivity index (χ2n) is 8.46. The van der Waals surface area contributed by atoms with Crippen LogP contribution in [-0.4, -0.2) is 49.5 Å². The van der Waals surface area contributed by atoms with Crippen molar-refractivity contribution in [2.75, 3.05) is 33.8 Å². The summed E-state index contributed by atoms with van der Waals surface area (Å²) in [5, 5.41) is 8.97. The van der Waals surface area contributed by atoms with E-state index in [1.807, 2.05) is 50.5 Å². The highest BCUT2D eigenvalue weighted by molar-refractivity contribution is 5.77. The van der Waals surface area contributed by atoms with Crippen LogP contribution in [0.25, 0.3) is 0 Å². The van der Waals surface area contributed by atoms with E-state index in [4.69, 9.17) is 10.00 Å². The van der Waals surface area contributed by atoms with Crippen LogP contribution in [0.5, 0.6) is 5.75 Å². The van der Waals surface area contributed by atoms with Gasteiger partial charge in [0.15, 0.2) is 6.61 Å². The largest absolute Gasteiger partial charge is 0.483 e. The van der Waals surface area contributed by atoms with Crippen LogP contribution in [0, 0.1) is 11.3 Å². The fraction of sp³-hybridized carbons (Fsp3) is 0.417. The first-order chi connectivity index (χ1) is 13.7. The predicted octanol–water partition coefficient (Wildman–Crippen LogP) is 3.82. The van der Waals surface area contributed by atoms with Crippen molar-refractivity contribution < 1.29 is 9.53 Å².